The highest BCUT2D eigenvalue weighted by Crippen LogP contribution is 2.20. The number of amides is 3. The number of piperazine rings is 1. The summed E-state index contributed by atoms with van der Waals surface area (Å²) in [5.74, 6) is -0.926. The van der Waals surface area contributed by atoms with E-state index < -0.39 is 12.0 Å². The van der Waals surface area contributed by atoms with Crippen molar-refractivity contribution in [2.24, 2.45) is 0 Å². The van der Waals surface area contributed by atoms with E-state index in [1.54, 1.807) is 9.80 Å². The van der Waals surface area contributed by atoms with E-state index in [0.29, 0.717) is 39.1 Å². The zero-order valence-corrected chi connectivity index (χ0v) is 11.0. The highest BCUT2D eigenvalue weighted by molar-refractivity contribution is 5.83. The summed E-state index contributed by atoms with van der Waals surface area (Å²) >= 11 is 0. The van der Waals surface area contributed by atoms with E-state index >= 15 is 0 Å². The standard InChI is InChI=1S/C12H19N3O4/c1-9(16)13-5-7-14(8-6-13)12(19)15-4-2-3-10(15)11(17)18/h10H,2-8H2,1H3,(H,17,18). The molecule has 0 aromatic rings. The molecule has 2 rings (SSSR count). The summed E-state index contributed by atoms with van der Waals surface area (Å²) in [5, 5.41) is 9.08. The minimum atomic E-state index is -0.937. The quantitative estimate of drug-likeness (QED) is 0.716. The number of urea groups is 1. The first-order chi connectivity index (χ1) is 9.00. The molecule has 0 saturated carbocycles. The van der Waals surface area contributed by atoms with E-state index in [4.69, 9.17) is 5.11 Å². The number of carboxylic acid groups (broad SMARTS) is 1. The maximum Gasteiger partial charge on any atom is 0.326 e. The van der Waals surface area contributed by atoms with Gasteiger partial charge in [0.2, 0.25) is 5.91 Å². The van der Waals surface area contributed by atoms with Gasteiger partial charge in [-0.05, 0) is 12.8 Å². The first kappa shape index (κ1) is 13.6. The second-order valence-electron chi connectivity index (χ2n) is 4.97. The van der Waals surface area contributed by atoms with Gasteiger partial charge < -0.3 is 19.8 Å². The van der Waals surface area contributed by atoms with Gasteiger partial charge in [0.25, 0.3) is 0 Å². The Balaban J connectivity index is 1.94. The highest BCUT2D eigenvalue weighted by atomic mass is 16.4. The van der Waals surface area contributed by atoms with Gasteiger partial charge in [0.15, 0.2) is 0 Å². The minimum Gasteiger partial charge on any atom is -0.480 e. The number of likely N-dealkylation sites (tertiary alicyclic amines) is 1. The molecule has 0 spiro atoms. The van der Waals surface area contributed by atoms with Crippen molar-refractivity contribution < 1.29 is 19.5 Å². The molecule has 19 heavy (non-hydrogen) atoms. The number of carboxylic acids is 1. The molecular weight excluding hydrogens is 250 g/mol. The minimum absolute atomic E-state index is 0.0108. The second kappa shape index (κ2) is 5.46. The highest BCUT2D eigenvalue weighted by Gasteiger charge is 2.37. The van der Waals surface area contributed by atoms with Crippen molar-refractivity contribution in [3.63, 3.8) is 0 Å². The molecule has 0 aliphatic carbocycles. The Hall–Kier alpha value is -1.79. The van der Waals surface area contributed by atoms with Crippen molar-refractivity contribution in [3.05, 3.63) is 0 Å². The largest absolute Gasteiger partial charge is 0.480 e. The lowest BCUT2D eigenvalue weighted by molar-refractivity contribution is -0.141. The van der Waals surface area contributed by atoms with Gasteiger partial charge in [-0.15, -0.1) is 0 Å². The first-order valence-electron chi connectivity index (χ1n) is 6.54. The molecule has 0 radical (unpaired) electrons. The molecule has 0 bridgehead atoms. The van der Waals surface area contributed by atoms with Crippen molar-refractivity contribution in [2.75, 3.05) is 32.7 Å². The molecule has 1 unspecified atom stereocenters. The van der Waals surface area contributed by atoms with Crippen LogP contribution in [0.5, 0.6) is 0 Å². The Bertz CT molecular complexity index is 390. The van der Waals surface area contributed by atoms with Crippen molar-refractivity contribution >= 4 is 17.9 Å². The van der Waals surface area contributed by atoms with Gasteiger partial charge in [-0.2, -0.15) is 0 Å². The van der Waals surface area contributed by atoms with Crippen LogP contribution in [0.15, 0.2) is 0 Å². The van der Waals surface area contributed by atoms with Gasteiger partial charge in [0.05, 0.1) is 0 Å². The molecule has 2 aliphatic heterocycles. The molecule has 106 valence electrons. The summed E-state index contributed by atoms with van der Waals surface area (Å²) < 4.78 is 0. The summed E-state index contributed by atoms with van der Waals surface area (Å²) in [6.07, 6.45) is 1.25. The lowest BCUT2D eigenvalue weighted by Gasteiger charge is -2.37. The third-order valence-corrected chi connectivity index (χ3v) is 3.78. The molecule has 3 amide bonds. The van der Waals surface area contributed by atoms with Crippen LogP contribution in [0, 0.1) is 0 Å². The first-order valence-corrected chi connectivity index (χ1v) is 6.54. The van der Waals surface area contributed by atoms with Crippen LogP contribution < -0.4 is 0 Å². The number of carbonyl (C=O) groups excluding carboxylic acids is 2. The normalized spacial score (nSPS) is 23.6. The number of rotatable bonds is 1. The molecular formula is C12H19N3O4. The molecule has 2 aliphatic rings. The van der Waals surface area contributed by atoms with E-state index in [0.717, 1.165) is 6.42 Å². The van der Waals surface area contributed by atoms with Crippen LogP contribution in [0.4, 0.5) is 4.79 Å². The molecule has 2 saturated heterocycles. The number of aliphatic carboxylic acids is 1. The topological polar surface area (TPSA) is 81.2 Å². The van der Waals surface area contributed by atoms with Gasteiger partial charge in [0, 0.05) is 39.6 Å². The summed E-state index contributed by atoms with van der Waals surface area (Å²) in [7, 11) is 0. The van der Waals surface area contributed by atoms with Gasteiger partial charge in [-0.25, -0.2) is 9.59 Å². The van der Waals surface area contributed by atoms with E-state index in [2.05, 4.69) is 0 Å². The third-order valence-electron chi connectivity index (χ3n) is 3.78. The van der Waals surface area contributed by atoms with Crippen LogP contribution in [-0.4, -0.2) is 76.5 Å². The van der Waals surface area contributed by atoms with Gasteiger partial charge in [-0.3, -0.25) is 4.79 Å². The Kier molecular flexibility index (Phi) is 3.92. The summed E-state index contributed by atoms with van der Waals surface area (Å²) in [5.41, 5.74) is 0. The predicted molar refractivity (Wildman–Crippen MR) is 66.6 cm³/mol. The van der Waals surface area contributed by atoms with Gasteiger partial charge in [-0.1, -0.05) is 0 Å². The summed E-state index contributed by atoms with van der Waals surface area (Å²) in [6, 6.07) is -0.911. The Morgan fingerprint density at radius 1 is 1.00 bits per heavy atom. The summed E-state index contributed by atoms with van der Waals surface area (Å²) in [4.78, 5) is 39.3. The van der Waals surface area contributed by atoms with Crippen LogP contribution in [0.3, 0.4) is 0 Å². The SMILES string of the molecule is CC(=O)N1CCN(C(=O)N2CCCC2C(=O)O)CC1. The van der Waals surface area contributed by atoms with Crippen molar-refractivity contribution in [2.45, 2.75) is 25.8 Å². The molecule has 2 fully saturated rings. The fourth-order valence-corrected chi connectivity index (χ4v) is 2.65. The molecule has 1 N–H and O–H groups in total. The van der Waals surface area contributed by atoms with E-state index in [1.807, 2.05) is 0 Å². The van der Waals surface area contributed by atoms with Crippen LogP contribution in [0.1, 0.15) is 19.8 Å². The zero-order chi connectivity index (χ0) is 14.0. The molecule has 0 aromatic heterocycles. The fourth-order valence-electron chi connectivity index (χ4n) is 2.65. The average molecular weight is 269 g/mol. The number of hydrogen-bond donors (Lipinski definition) is 1. The Morgan fingerprint density at radius 3 is 2.11 bits per heavy atom. The van der Waals surface area contributed by atoms with Crippen molar-refractivity contribution in [1.29, 1.82) is 0 Å². The Morgan fingerprint density at radius 2 is 1.58 bits per heavy atom. The Labute approximate surface area is 111 Å². The van der Waals surface area contributed by atoms with E-state index in [1.165, 1.54) is 11.8 Å². The van der Waals surface area contributed by atoms with E-state index in [9.17, 15) is 14.4 Å². The smallest absolute Gasteiger partial charge is 0.326 e. The van der Waals surface area contributed by atoms with Crippen LogP contribution in [0.2, 0.25) is 0 Å². The van der Waals surface area contributed by atoms with Crippen LogP contribution >= 0.6 is 0 Å². The lowest BCUT2D eigenvalue weighted by Crippen LogP contribution is -2.55. The molecule has 2 heterocycles. The number of nitrogens with zero attached hydrogens (tertiary/aromatic N) is 3. The second-order valence-corrected chi connectivity index (χ2v) is 4.97. The van der Waals surface area contributed by atoms with Crippen LogP contribution in [-0.2, 0) is 9.59 Å². The number of carbonyl (C=O) groups is 3. The van der Waals surface area contributed by atoms with E-state index in [-0.39, 0.29) is 11.9 Å². The summed E-state index contributed by atoms with van der Waals surface area (Å²) in [6.45, 7) is 4.00. The molecule has 7 heteroatoms. The maximum absolute atomic E-state index is 12.3. The lowest BCUT2D eigenvalue weighted by atomic mass is 10.2. The van der Waals surface area contributed by atoms with Crippen molar-refractivity contribution in [3.8, 4) is 0 Å². The average Bonchev–Trinajstić information content (AvgIpc) is 2.87. The third kappa shape index (κ3) is 2.80. The van der Waals surface area contributed by atoms with Crippen LogP contribution in [0.25, 0.3) is 0 Å². The molecule has 7 nitrogen and oxygen atoms in total. The maximum atomic E-state index is 12.3. The predicted octanol–water partition coefficient (Wildman–Crippen LogP) is -0.180. The number of hydrogen-bond acceptors (Lipinski definition) is 3. The monoisotopic (exact) mass is 269 g/mol. The molecule has 1 atom stereocenters. The fraction of sp³-hybridized carbons (Fsp3) is 0.750. The van der Waals surface area contributed by atoms with Gasteiger partial charge >= 0.3 is 12.0 Å². The van der Waals surface area contributed by atoms with Crippen molar-refractivity contribution in [1.82, 2.24) is 14.7 Å². The zero-order valence-electron chi connectivity index (χ0n) is 11.0. The van der Waals surface area contributed by atoms with Gasteiger partial charge in [0.1, 0.15) is 6.04 Å². The molecule has 0 aromatic carbocycles.